The van der Waals surface area contributed by atoms with Crippen LogP contribution in [-0.2, 0) is 0 Å². The van der Waals surface area contributed by atoms with Gasteiger partial charge in [-0.2, -0.15) is 4.98 Å². The van der Waals surface area contributed by atoms with E-state index in [-0.39, 0.29) is 0 Å². The molecule has 0 aliphatic heterocycles. The molecule has 5 nitrogen and oxygen atoms in total. The molecule has 0 radical (unpaired) electrons. The van der Waals surface area contributed by atoms with Crippen LogP contribution in [0.3, 0.4) is 0 Å². The Kier molecular flexibility index (Phi) is 5.06. The summed E-state index contributed by atoms with van der Waals surface area (Å²) < 4.78 is 6.92. The lowest BCUT2D eigenvalue weighted by molar-refractivity contribution is 0.464. The third-order valence-electron chi connectivity index (χ3n) is 3.30. The van der Waals surface area contributed by atoms with Gasteiger partial charge in [-0.15, -0.1) is 0 Å². The number of aryl methyl sites for hydroxylation is 1. The molecule has 0 saturated heterocycles. The topological polar surface area (TPSA) is 73.1 Å². The van der Waals surface area contributed by atoms with E-state index in [2.05, 4.69) is 37.9 Å². The van der Waals surface area contributed by atoms with Crippen molar-refractivity contribution in [3.8, 4) is 11.6 Å². The minimum absolute atomic E-state index is 0.291. The Morgan fingerprint density at radius 2 is 1.88 bits per heavy atom. The number of hydrogen-bond acceptors (Lipinski definition) is 5. The van der Waals surface area contributed by atoms with Crippen LogP contribution in [0.4, 0.5) is 17.2 Å². The van der Waals surface area contributed by atoms with Gasteiger partial charge in [-0.3, -0.25) is 0 Å². The normalized spacial score (nSPS) is 10.5. The maximum absolute atomic E-state index is 6.14. The Morgan fingerprint density at radius 3 is 2.58 bits per heavy atom. The number of nitrogen functional groups attached to an aromatic ring is 1. The molecule has 3 N–H and O–H groups in total. The van der Waals surface area contributed by atoms with E-state index >= 15 is 0 Å². The van der Waals surface area contributed by atoms with Crippen LogP contribution in [0.15, 0.2) is 48.8 Å². The number of anilines is 3. The summed E-state index contributed by atoms with van der Waals surface area (Å²) in [6, 6.07) is 13.3. The Labute approximate surface area is 158 Å². The van der Waals surface area contributed by atoms with Crippen molar-refractivity contribution in [2.24, 2.45) is 0 Å². The first-order valence-electron chi connectivity index (χ1n) is 7.10. The predicted octanol–water partition coefficient (Wildman–Crippen LogP) is 5.16. The molecule has 3 aromatic rings. The SMILES string of the molecule is Cc1cc(Oc2ncnc(Nc3ccc(I)cc3)c2N)ccc1Cl. The van der Waals surface area contributed by atoms with E-state index < -0.39 is 0 Å². The molecule has 122 valence electrons. The first kappa shape index (κ1) is 16.8. The highest BCUT2D eigenvalue weighted by Gasteiger charge is 2.11. The van der Waals surface area contributed by atoms with E-state index in [1.165, 1.54) is 6.33 Å². The van der Waals surface area contributed by atoms with Gasteiger partial charge in [0.25, 0.3) is 0 Å². The summed E-state index contributed by atoms with van der Waals surface area (Å²) in [6.45, 7) is 1.91. The van der Waals surface area contributed by atoms with Crippen molar-refractivity contribution in [1.82, 2.24) is 9.97 Å². The zero-order valence-electron chi connectivity index (χ0n) is 12.8. The fourth-order valence-electron chi connectivity index (χ4n) is 2.02. The van der Waals surface area contributed by atoms with Crippen LogP contribution in [-0.4, -0.2) is 9.97 Å². The summed E-state index contributed by atoms with van der Waals surface area (Å²) in [4.78, 5) is 8.29. The van der Waals surface area contributed by atoms with Crippen molar-refractivity contribution in [1.29, 1.82) is 0 Å². The minimum atomic E-state index is 0.291. The number of benzene rings is 2. The fourth-order valence-corrected chi connectivity index (χ4v) is 2.50. The lowest BCUT2D eigenvalue weighted by Gasteiger charge is -2.12. The molecule has 0 fully saturated rings. The van der Waals surface area contributed by atoms with Crippen LogP contribution in [0.1, 0.15) is 5.56 Å². The number of hydrogen-bond donors (Lipinski definition) is 2. The van der Waals surface area contributed by atoms with Crippen molar-refractivity contribution in [3.05, 3.63) is 62.9 Å². The van der Waals surface area contributed by atoms with E-state index in [1.54, 1.807) is 12.1 Å². The largest absolute Gasteiger partial charge is 0.437 e. The van der Waals surface area contributed by atoms with Gasteiger partial charge in [0.2, 0.25) is 5.88 Å². The van der Waals surface area contributed by atoms with E-state index in [1.807, 2.05) is 37.3 Å². The molecular weight excluding hydrogens is 439 g/mol. The molecule has 0 aliphatic carbocycles. The van der Waals surface area contributed by atoms with E-state index in [9.17, 15) is 0 Å². The molecule has 7 heteroatoms. The molecule has 1 heterocycles. The van der Waals surface area contributed by atoms with Gasteiger partial charge in [0.1, 0.15) is 17.8 Å². The zero-order valence-corrected chi connectivity index (χ0v) is 15.7. The molecular formula is C17H14ClIN4O. The molecule has 0 spiro atoms. The molecule has 0 unspecified atom stereocenters. The van der Waals surface area contributed by atoms with Crippen LogP contribution in [0.2, 0.25) is 5.02 Å². The average molecular weight is 453 g/mol. The summed E-state index contributed by atoms with van der Waals surface area (Å²) in [5.41, 5.74) is 8.27. The van der Waals surface area contributed by atoms with Crippen molar-refractivity contribution in [3.63, 3.8) is 0 Å². The Bertz CT molecular complexity index is 871. The zero-order chi connectivity index (χ0) is 17.1. The predicted molar refractivity (Wildman–Crippen MR) is 105 cm³/mol. The van der Waals surface area contributed by atoms with Gasteiger partial charge < -0.3 is 15.8 Å². The number of nitrogens with one attached hydrogen (secondary N) is 1. The van der Waals surface area contributed by atoms with E-state index in [0.717, 1.165) is 14.8 Å². The maximum atomic E-state index is 6.14. The fraction of sp³-hybridized carbons (Fsp3) is 0.0588. The molecule has 24 heavy (non-hydrogen) atoms. The quantitative estimate of drug-likeness (QED) is 0.535. The van der Waals surface area contributed by atoms with Gasteiger partial charge in [-0.25, -0.2) is 4.98 Å². The molecule has 0 bridgehead atoms. The summed E-state index contributed by atoms with van der Waals surface area (Å²) in [5.74, 6) is 1.40. The van der Waals surface area contributed by atoms with Gasteiger partial charge in [0, 0.05) is 14.3 Å². The van der Waals surface area contributed by atoms with E-state index in [4.69, 9.17) is 22.1 Å². The van der Waals surface area contributed by atoms with Gasteiger partial charge in [-0.1, -0.05) is 11.6 Å². The highest BCUT2D eigenvalue weighted by molar-refractivity contribution is 14.1. The second kappa shape index (κ2) is 7.23. The number of nitrogens with two attached hydrogens (primary N) is 1. The molecule has 3 rings (SSSR count). The van der Waals surface area contributed by atoms with Crippen LogP contribution >= 0.6 is 34.2 Å². The van der Waals surface area contributed by atoms with Crippen LogP contribution in [0.25, 0.3) is 0 Å². The third-order valence-corrected chi connectivity index (χ3v) is 4.44. The highest BCUT2D eigenvalue weighted by Crippen LogP contribution is 2.32. The monoisotopic (exact) mass is 452 g/mol. The number of rotatable bonds is 4. The second-order valence-electron chi connectivity index (χ2n) is 5.09. The standard InChI is InChI=1S/C17H14ClIN4O/c1-10-8-13(6-7-14(10)18)24-17-15(20)16(21-9-22-17)23-12-4-2-11(19)3-5-12/h2-9H,20H2,1H3,(H,21,22,23). The Balaban J connectivity index is 1.84. The summed E-state index contributed by atoms with van der Waals surface area (Å²) >= 11 is 8.27. The van der Waals surface area contributed by atoms with Gasteiger partial charge in [-0.05, 0) is 77.5 Å². The number of halogens is 2. The van der Waals surface area contributed by atoms with Crippen LogP contribution in [0.5, 0.6) is 11.6 Å². The smallest absolute Gasteiger partial charge is 0.248 e. The molecule has 0 aliphatic rings. The Hall–Kier alpha value is -2.06. The van der Waals surface area contributed by atoms with Crippen LogP contribution in [0, 0.1) is 10.5 Å². The van der Waals surface area contributed by atoms with Gasteiger partial charge in [0.15, 0.2) is 5.82 Å². The van der Waals surface area contributed by atoms with E-state index in [0.29, 0.717) is 28.2 Å². The van der Waals surface area contributed by atoms with Crippen molar-refractivity contribution < 1.29 is 4.74 Å². The third kappa shape index (κ3) is 3.88. The lowest BCUT2D eigenvalue weighted by Crippen LogP contribution is -2.03. The van der Waals surface area contributed by atoms with Gasteiger partial charge >= 0.3 is 0 Å². The minimum Gasteiger partial charge on any atom is -0.437 e. The summed E-state index contributed by atoms with van der Waals surface area (Å²) in [6.07, 6.45) is 1.41. The molecule has 0 saturated carbocycles. The number of nitrogens with zero attached hydrogens (tertiary/aromatic N) is 2. The lowest BCUT2D eigenvalue weighted by atomic mass is 10.2. The van der Waals surface area contributed by atoms with Crippen molar-refractivity contribution >= 4 is 51.4 Å². The van der Waals surface area contributed by atoms with Crippen molar-refractivity contribution in [2.75, 3.05) is 11.1 Å². The molecule has 0 amide bonds. The number of ether oxygens (including phenoxy) is 1. The maximum Gasteiger partial charge on any atom is 0.248 e. The molecule has 1 aromatic heterocycles. The highest BCUT2D eigenvalue weighted by atomic mass is 127. The number of aromatic nitrogens is 2. The van der Waals surface area contributed by atoms with Crippen LogP contribution < -0.4 is 15.8 Å². The molecule has 0 atom stereocenters. The second-order valence-corrected chi connectivity index (χ2v) is 6.74. The molecule has 2 aromatic carbocycles. The first-order chi connectivity index (χ1) is 11.5. The van der Waals surface area contributed by atoms with Gasteiger partial charge in [0.05, 0.1) is 0 Å². The summed E-state index contributed by atoms with van der Waals surface area (Å²) in [5, 5.41) is 3.85. The van der Waals surface area contributed by atoms with Crippen molar-refractivity contribution in [2.45, 2.75) is 6.92 Å². The summed E-state index contributed by atoms with van der Waals surface area (Å²) in [7, 11) is 0. The average Bonchev–Trinajstić information content (AvgIpc) is 2.57. The first-order valence-corrected chi connectivity index (χ1v) is 8.55. The Morgan fingerprint density at radius 1 is 1.12 bits per heavy atom.